The number of anilines is 1. The minimum absolute atomic E-state index is 0.211. The minimum atomic E-state index is -0.305. The van der Waals surface area contributed by atoms with Crippen molar-refractivity contribution in [3.63, 3.8) is 0 Å². The predicted molar refractivity (Wildman–Crippen MR) is 139 cm³/mol. The van der Waals surface area contributed by atoms with E-state index in [1.807, 2.05) is 54.6 Å². The van der Waals surface area contributed by atoms with Gasteiger partial charge in [-0.1, -0.05) is 38.1 Å². The molecule has 0 radical (unpaired) electrons. The highest BCUT2D eigenvalue weighted by atomic mass is 32.1. The molecule has 0 spiro atoms. The number of rotatable bonds is 11. The summed E-state index contributed by atoms with van der Waals surface area (Å²) in [6.45, 7) is 5.79. The zero-order valence-electron chi connectivity index (χ0n) is 19.5. The predicted octanol–water partition coefficient (Wildman–Crippen LogP) is 5.70. The van der Waals surface area contributed by atoms with Crippen molar-refractivity contribution in [3.05, 3.63) is 84.4 Å². The SMILES string of the molecule is CC(C)CCOc1cccc(NC(=S)NC(=O)c2ccc(OCCOc3ccccc3)cc2)c1. The molecule has 0 aliphatic carbocycles. The maximum Gasteiger partial charge on any atom is 0.257 e. The third-order valence-corrected chi connectivity index (χ3v) is 4.97. The van der Waals surface area contributed by atoms with E-state index in [2.05, 4.69) is 24.5 Å². The Kier molecular flexibility index (Phi) is 9.73. The van der Waals surface area contributed by atoms with E-state index in [1.54, 1.807) is 24.3 Å². The molecule has 0 bridgehead atoms. The molecule has 2 N–H and O–H groups in total. The first-order valence-electron chi connectivity index (χ1n) is 11.3. The fourth-order valence-electron chi connectivity index (χ4n) is 2.95. The van der Waals surface area contributed by atoms with E-state index in [0.717, 1.165) is 23.6 Å². The molecule has 0 saturated heterocycles. The molecule has 34 heavy (non-hydrogen) atoms. The van der Waals surface area contributed by atoms with Crippen molar-refractivity contribution in [2.75, 3.05) is 25.1 Å². The van der Waals surface area contributed by atoms with Gasteiger partial charge in [0.15, 0.2) is 5.11 Å². The maximum atomic E-state index is 12.5. The fourth-order valence-corrected chi connectivity index (χ4v) is 3.16. The second-order valence-corrected chi connectivity index (χ2v) is 8.41. The zero-order valence-corrected chi connectivity index (χ0v) is 20.3. The van der Waals surface area contributed by atoms with Crippen LogP contribution in [0, 0.1) is 5.92 Å². The van der Waals surface area contributed by atoms with Gasteiger partial charge in [-0.15, -0.1) is 0 Å². The Morgan fingerprint density at radius 1 is 0.794 bits per heavy atom. The van der Waals surface area contributed by atoms with Crippen molar-refractivity contribution in [2.24, 2.45) is 5.92 Å². The molecule has 0 aliphatic heterocycles. The number of hydrogen-bond donors (Lipinski definition) is 2. The lowest BCUT2D eigenvalue weighted by Crippen LogP contribution is -2.34. The molecule has 7 heteroatoms. The van der Waals surface area contributed by atoms with E-state index >= 15 is 0 Å². The molecule has 6 nitrogen and oxygen atoms in total. The Balaban J connectivity index is 1.42. The summed E-state index contributed by atoms with van der Waals surface area (Å²) in [6.07, 6.45) is 0.984. The normalized spacial score (nSPS) is 10.4. The Labute approximate surface area is 206 Å². The van der Waals surface area contributed by atoms with Crippen LogP contribution >= 0.6 is 12.2 Å². The molecule has 0 aromatic heterocycles. The highest BCUT2D eigenvalue weighted by Gasteiger charge is 2.09. The number of nitrogens with one attached hydrogen (secondary N) is 2. The average Bonchev–Trinajstić information content (AvgIpc) is 2.83. The number of carbonyl (C=O) groups is 1. The first-order valence-corrected chi connectivity index (χ1v) is 11.7. The Bertz CT molecular complexity index is 1060. The summed E-state index contributed by atoms with van der Waals surface area (Å²) in [5, 5.41) is 5.93. The summed E-state index contributed by atoms with van der Waals surface area (Å²) < 4.78 is 17.0. The van der Waals surface area contributed by atoms with E-state index in [1.165, 1.54) is 0 Å². The van der Waals surface area contributed by atoms with E-state index in [9.17, 15) is 4.79 Å². The van der Waals surface area contributed by atoms with Gasteiger partial charge in [-0.25, -0.2) is 0 Å². The molecular formula is C27H30N2O4S. The molecule has 1 amide bonds. The quantitative estimate of drug-likeness (QED) is 0.272. The molecule has 0 unspecified atom stereocenters. The van der Waals surface area contributed by atoms with Crippen LogP contribution in [0.25, 0.3) is 0 Å². The summed E-state index contributed by atoms with van der Waals surface area (Å²) in [4.78, 5) is 12.5. The van der Waals surface area contributed by atoms with Crippen molar-refractivity contribution in [2.45, 2.75) is 20.3 Å². The number of carbonyl (C=O) groups excluding carboxylic acids is 1. The summed E-state index contributed by atoms with van der Waals surface area (Å²) in [6, 6.07) is 23.9. The van der Waals surface area contributed by atoms with Gasteiger partial charge < -0.3 is 19.5 Å². The van der Waals surface area contributed by atoms with E-state index in [4.69, 9.17) is 26.4 Å². The number of amides is 1. The number of hydrogen-bond acceptors (Lipinski definition) is 5. The van der Waals surface area contributed by atoms with E-state index in [0.29, 0.717) is 37.1 Å². The molecular weight excluding hydrogens is 448 g/mol. The molecule has 3 aromatic rings. The first-order chi connectivity index (χ1) is 16.5. The molecule has 0 aliphatic rings. The van der Waals surface area contributed by atoms with Crippen molar-refractivity contribution >= 4 is 28.9 Å². The van der Waals surface area contributed by atoms with Gasteiger partial charge in [0.05, 0.1) is 6.61 Å². The number of thiocarbonyl (C=S) groups is 1. The van der Waals surface area contributed by atoms with Crippen LogP contribution < -0.4 is 24.8 Å². The van der Waals surface area contributed by atoms with Crippen molar-refractivity contribution in [1.82, 2.24) is 5.32 Å². The van der Waals surface area contributed by atoms with Crippen LogP contribution in [0.2, 0.25) is 0 Å². The minimum Gasteiger partial charge on any atom is -0.494 e. The monoisotopic (exact) mass is 478 g/mol. The number of benzene rings is 3. The van der Waals surface area contributed by atoms with Crippen LogP contribution in [0.1, 0.15) is 30.6 Å². The Morgan fingerprint density at radius 3 is 2.09 bits per heavy atom. The molecule has 178 valence electrons. The lowest BCUT2D eigenvalue weighted by atomic mass is 10.1. The second-order valence-electron chi connectivity index (χ2n) is 8.00. The molecule has 0 heterocycles. The van der Waals surface area contributed by atoms with Crippen molar-refractivity contribution < 1.29 is 19.0 Å². The highest BCUT2D eigenvalue weighted by Crippen LogP contribution is 2.18. The number of para-hydroxylation sites is 1. The summed E-state index contributed by atoms with van der Waals surface area (Å²) in [7, 11) is 0. The first kappa shape index (κ1) is 25.1. The summed E-state index contributed by atoms with van der Waals surface area (Å²) in [5.41, 5.74) is 1.22. The second kappa shape index (κ2) is 13.2. The molecule has 3 aromatic carbocycles. The Hall–Kier alpha value is -3.58. The van der Waals surface area contributed by atoms with Crippen molar-refractivity contribution in [3.8, 4) is 17.2 Å². The zero-order chi connectivity index (χ0) is 24.2. The van der Waals surface area contributed by atoms with E-state index in [-0.39, 0.29) is 11.0 Å². The van der Waals surface area contributed by atoms with Crippen LogP contribution in [0.15, 0.2) is 78.9 Å². The van der Waals surface area contributed by atoms with Gasteiger partial charge in [-0.2, -0.15) is 0 Å². The fraction of sp³-hybridized carbons (Fsp3) is 0.259. The van der Waals surface area contributed by atoms with Gasteiger partial charge in [0.25, 0.3) is 5.91 Å². The topological polar surface area (TPSA) is 68.8 Å². The molecule has 0 fully saturated rings. The average molecular weight is 479 g/mol. The summed E-state index contributed by atoms with van der Waals surface area (Å²) >= 11 is 5.29. The Morgan fingerprint density at radius 2 is 1.41 bits per heavy atom. The molecule has 0 saturated carbocycles. The van der Waals surface area contributed by atoms with Gasteiger partial charge in [0.2, 0.25) is 0 Å². The summed E-state index contributed by atoms with van der Waals surface area (Å²) in [5.74, 6) is 2.49. The van der Waals surface area contributed by atoms with Gasteiger partial charge in [-0.3, -0.25) is 10.1 Å². The van der Waals surface area contributed by atoms with Crippen LogP contribution in [0.5, 0.6) is 17.2 Å². The maximum absolute atomic E-state index is 12.5. The largest absolute Gasteiger partial charge is 0.494 e. The van der Waals surface area contributed by atoms with Crippen LogP contribution in [0.3, 0.4) is 0 Å². The standard InChI is InChI=1S/C27H30N2O4S/c1-20(2)15-16-31-25-10-6-7-22(19-25)28-27(34)29-26(30)21-11-13-24(14-12-21)33-18-17-32-23-8-4-3-5-9-23/h3-14,19-20H,15-18H2,1-2H3,(H2,28,29,30,34). The van der Waals surface area contributed by atoms with Gasteiger partial charge >= 0.3 is 0 Å². The highest BCUT2D eigenvalue weighted by molar-refractivity contribution is 7.80. The van der Waals surface area contributed by atoms with Crippen molar-refractivity contribution in [1.29, 1.82) is 0 Å². The molecule has 3 rings (SSSR count). The van der Waals surface area contributed by atoms with Crippen LogP contribution in [0.4, 0.5) is 5.69 Å². The van der Waals surface area contributed by atoms with E-state index < -0.39 is 0 Å². The smallest absolute Gasteiger partial charge is 0.257 e. The lowest BCUT2D eigenvalue weighted by Gasteiger charge is -2.12. The third-order valence-electron chi connectivity index (χ3n) is 4.76. The van der Waals surface area contributed by atoms with Crippen LogP contribution in [-0.2, 0) is 0 Å². The third kappa shape index (κ3) is 8.75. The molecule has 0 atom stereocenters. The van der Waals surface area contributed by atoms with Gasteiger partial charge in [0, 0.05) is 17.3 Å². The number of ether oxygens (including phenoxy) is 3. The van der Waals surface area contributed by atoms with Crippen LogP contribution in [-0.4, -0.2) is 30.8 Å². The van der Waals surface area contributed by atoms with Gasteiger partial charge in [-0.05, 0) is 73.1 Å². The lowest BCUT2D eigenvalue weighted by molar-refractivity contribution is 0.0977. The van der Waals surface area contributed by atoms with Gasteiger partial charge in [0.1, 0.15) is 30.5 Å².